The summed E-state index contributed by atoms with van der Waals surface area (Å²) in [6.07, 6.45) is 2.38. The zero-order valence-electron chi connectivity index (χ0n) is 16.9. The molecule has 2 N–H and O–H groups in total. The van der Waals surface area contributed by atoms with Crippen molar-refractivity contribution in [1.29, 1.82) is 0 Å². The van der Waals surface area contributed by atoms with E-state index in [1.54, 1.807) is 24.3 Å². The van der Waals surface area contributed by atoms with Gasteiger partial charge in [0.15, 0.2) is 0 Å². The molecule has 1 fully saturated rings. The van der Waals surface area contributed by atoms with Crippen LogP contribution in [-0.2, 0) is 4.79 Å². The number of halogens is 2. The predicted molar refractivity (Wildman–Crippen MR) is 123 cm³/mol. The minimum atomic E-state index is -0.314. The standard InChI is InChI=1S/C24H23BrFN3O2/c25-18-7-8-22(30)20(15-18)21-13-17(16-4-1-5-19(26)12-16)14-23(28-21)27-9-3-11-29-10-2-6-24(29)31/h1,4-5,7-8,12-15,30H,2-3,6,9-11H2,(H,27,28). The van der Waals surface area contributed by atoms with Gasteiger partial charge < -0.3 is 15.3 Å². The summed E-state index contributed by atoms with van der Waals surface area (Å²) in [6.45, 7) is 2.19. The number of benzene rings is 2. The van der Waals surface area contributed by atoms with E-state index in [9.17, 15) is 14.3 Å². The Morgan fingerprint density at radius 2 is 2.00 bits per heavy atom. The van der Waals surface area contributed by atoms with Gasteiger partial charge >= 0.3 is 0 Å². The van der Waals surface area contributed by atoms with Crippen molar-refractivity contribution in [2.45, 2.75) is 19.3 Å². The van der Waals surface area contributed by atoms with Crippen LogP contribution in [0.4, 0.5) is 10.2 Å². The van der Waals surface area contributed by atoms with Crippen molar-refractivity contribution in [1.82, 2.24) is 9.88 Å². The highest BCUT2D eigenvalue weighted by Crippen LogP contribution is 2.34. The Morgan fingerprint density at radius 3 is 2.77 bits per heavy atom. The molecule has 5 nitrogen and oxygen atoms in total. The number of pyridine rings is 1. The van der Waals surface area contributed by atoms with Crippen molar-refractivity contribution in [3.63, 3.8) is 0 Å². The first kappa shape index (κ1) is 21.3. The Bertz CT molecular complexity index is 1110. The van der Waals surface area contributed by atoms with Gasteiger partial charge in [-0.15, -0.1) is 0 Å². The Labute approximate surface area is 189 Å². The van der Waals surface area contributed by atoms with E-state index in [1.165, 1.54) is 12.1 Å². The van der Waals surface area contributed by atoms with Crippen LogP contribution in [0.2, 0.25) is 0 Å². The van der Waals surface area contributed by atoms with E-state index in [1.807, 2.05) is 23.1 Å². The average molecular weight is 484 g/mol. The van der Waals surface area contributed by atoms with E-state index in [0.717, 1.165) is 35.0 Å². The van der Waals surface area contributed by atoms with Gasteiger partial charge in [0.05, 0.1) is 5.69 Å². The molecule has 2 aromatic carbocycles. The maximum absolute atomic E-state index is 13.8. The predicted octanol–water partition coefficient (Wildman–Crippen LogP) is 5.45. The lowest BCUT2D eigenvalue weighted by Crippen LogP contribution is -2.27. The number of nitrogens with one attached hydrogen (secondary N) is 1. The minimum absolute atomic E-state index is 0.116. The van der Waals surface area contributed by atoms with Crippen LogP contribution in [-0.4, -0.2) is 40.5 Å². The van der Waals surface area contributed by atoms with E-state index in [4.69, 9.17) is 0 Å². The Kier molecular flexibility index (Phi) is 6.51. The van der Waals surface area contributed by atoms with Crippen LogP contribution in [0.1, 0.15) is 19.3 Å². The van der Waals surface area contributed by atoms with Crippen molar-refractivity contribution < 1.29 is 14.3 Å². The molecule has 0 unspecified atom stereocenters. The molecule has 1 aliphatic heterocycles. The van der Waals surface area contributed by atoms with Gasteiger partial charge in [-0.1, -0.05) is 28.1 Å². The van der Waals surface area contributed by atoms with Gasteiger partial charge in [-0.05, 0) is 66.4 Å². The molecule has 1 aromatic heterocycles. The second kappa shape index (κ2) is 9.47. The van der Waals surface area contributed by atoms with Crippen LogP contribution in [0.25, 0.3) is 22.4 Å². The number of rotatable bonds is 7. The highest BCUT2D eigenvalue weighted by atomic mass is 79.9. The van der Waals surface area contributed by atoms with Crippen LogP contribution in [0, 0.1) is 5.82 Å². The normalized spacial score (nSPS) is 13.6. The Hall–Kier alpha value is -2.93. The second-order valence-corrected chi connectivity index (χ2v) is 8.48. The number of carbonyl (C=O) groups is 1. The number of phenols is 1. The molecule has 1 aliphatic rings. The fourth-order valence-corrected chi connectivity index (χ4v) is 4.10. The lowest BCUT2D eigenvalue weighted by Gasteiger charge is -2.16. The molecule has 3 aromatic rings. The molecule has 1 amide bonds. The number of aromatic nitrogens is 1. The molecule has 0 atom stereocenters. The number of phenolic OH excluding ortho intramolecular Hbond substituents is 1. The van der Waals surface area contributed by atoms with Crippen LogP contribution in [0.5, 0.6) is 5.75 Å². The average Bonchev–Trinajstić information content (AvgIpc) is 3.17. The number of hydrogen-bond acceptors (Lipinski definition) is 4. The zero-order valence-corrected chi connectivity index (χ0v) is 18.5. The minimum Gasteiger partial charge on any atom is -0.507 e. The first-order chi connectivity index (χ1) is 15.0. The fourth-order valence-electron chi connectivity index (χ4n) is 3.73. The van der Waals surface area contributed by atoms with Gasteiger partial charge in [0.2, 0.25) is 5.91 Å². The summed E-state index contributed by atoms with van der Waals surface area (Å²) in [4.78, 5) is 18.3. The molecule has 0 bridgehead atoms. The van der Waals surface area contributed by atoms with Crippen molar-refractivity contribution in [2.24, 2.45) is 0 Å². The summed E-state index contributed by atoms with van der Waals surface area (Å²) in [5.74, 6) is 0.652. The van der Waals surface area contributed by atoms with Gasteiger partial charge in [-0.3, -0.25) is 4.79 Å². The molecule has 31 heavy (non-hydrogen) atoms. The lowest BCUT2D eigenvalue weighted by atomic mass is 10.0. The number of carbonyl (C=O) groups excluding carboxylic acids is 1. The first-order valence-corrected chi connectivity index (χ1v) is 11.1. The molecule has 0 radical (unpaired) electrons. The summed E-state index contributed by atoms with van der Waals surface area (Å²) >= 11 is 3.44. The molecular weight excluding hydrogens is 461 g/mol. The van der Waals surface area contributed by atoms with Crippen molar-refractivity contribution in [2.75, 3.05) is 25.0 Å². The summed E-state index contributed by atoms with van der Waals surface area (Å²) < 4.78 is 14.6. The third-order valence-electron chi connectivity index (χ3n) is 5.30. The zero-order chi connectivity index (χ0) is 21.8. The molecule has 7 heteroatoms. The number of aromatic hydroxyl groups is 1. The number of hydrogen-bond donors (Lipinski definition) is 2. The van der Waals surface area contributed by atoms with Crippen molar-refractivity contribution >= 4 is 27.7 Å². The summed E-state index contributed by atoms with van der Waals surface area (Å²) in [5.41, 5.74) is 2.68. The van der Waals surface area contributed by atoms with Crippen LogP contribution in [0.3, 0.4) is 0 Å². The molecule has 0 spiro atoms. The fraction of sp³-hybridized carbons (Fsp3) is 0.250. The molecule has 4 rings (SSSR count). The van der Waals surface area contributed by atoms with E-state index in [2.05, 4.69) is 26.2 Å². The van der Waals surface area contributed by atoms with Gasteiger partial charge in [0.25, 0.3) is 0 Å². The molecule has 160 valence electrons. The van der Waals surface area contributed by atoms with E-state index in [-0.39, 0.29) is 17.5 Å². The SMILES string of the molecule is O=C1CCCN1CCCNc1cc(-c2cccc(F)c2)cc(-c2cc(Br)ccc2O)n1. The van der Waals surface area contributed by atoms with E-state index < -0.39 is 0 Å². The van der Waals surface area contributed by atoms with Crippen molar-refractivity contribution in [3.05, 3.63) is 64.9 Å². The van der Waals surface area contributed by atoms with E-state index in [0.29, 0.717) is 36.6 Å². The maximum atomic E-state index is 13.8. The quantitative estimate of drug-likeness (QED) is 0.438. The number of likely N-dealkylation sites (tertiary alicyclic amines) is 1. The van der Waals surface area contributed by atoms with Crippen LogP contribution in [0.15, 0.2) is 59.1 Å². The van der Waals surface area contributed by atoms with Crippen LogP contribution >= 0.6 is 15.9 Å². The molecule has 2 heterocycles. The van der Waals surface area contributed by atoms with Crippen LogP contribution < -0.4 is 5.32 Å². The Morgan fingerprint density at radius 1 is 1.13 bits per heavy atom. The van der Waals surface area contributed by atoms with Gasteiger partial charge in [0, 0.05) is 36.1 Å². The third kappa shape index (κ3) is 5.22. The maximum Gasteiger partial charge on any atom is 0.222 e. The largest absolute Gasteiger partial charge is 0.507 e. The third-order valence-corrected chi connectivity index (χ3v) is 5.79. The number of amides is 1. The summed E-state index contributed by atoms with van der Waals surface area (Å²) in [6, 6.07) is 15.3. The smallest absolute Gasteiger partial charge is 0.222 e. The number of anilines is 1. The molecular formula is C24H23BrFN3O2. The molecule has 1 saturated heterocycles. The highest BCUT2D eigenvalue weighted by molar-refractivity contribution is 9.10. The first-order valence-electron chi connectivity index (χ1n) is 10.3. The molecule has 0 aliphatic carbocycles. The van der Waals surface area contributed by atoms with Crippen molar-refractivity contribution in [3.8, 4) is 28.1 Å². The van der Waals surface area contributed by atoms with E-state index >= 15 is 0 Å². The second-order valence-electron chi connectivity index (χ2n) is 7.56. The monoisotopic (exact) mass is 483 g/mol. The Balaban J connectivity index is 1.60. The lowest BCUT2D eigenvalue weighted by molar-refractivity contribution is -0.127. The summed E-state index contributed by atoms with van der Waals surface area (Å²) in [5, 5.41) is 13.7. The van der Waals surface area contributed by atoms with Gasteiger partial charge in [-0.2, -0.15) is 0 Å². The molecule has 0 saturated carbocycles. The van der Waals surface area contributed by atoms with Gasteiger partial charge in [0.1, 0.15) is 17.4 Å². The number of nitrogens with zero attached hydrogens (tertiary/aromatic N) is 2. The topological polar surface area (TPSA) is 65.5 Å². The van der Waals surface area contributed by atoms with Gasteiger partial charge in [-0.25, -0.2) is 9.37 Å². The summed E-state index contributed by atoms with van der Waals surface area (Å²) in [7, 11) is 0. The highest BCUT2D eigenvalue weighted by Gasteiger charge is 2.19.